The number of aromatic nitrogens is 1. The molecule has 0 saturated heterocycles. The van der Waals surface area contributed by atoms with Gasteiger partial charge in [-0.25, -0.2) is 13.1 Å². The summed E-state index contributed by atoms with van der Waals surface area (Å²) in [4.78, 5) is 15.8. The topological polar surface area (TPSA) is 76.1 Å². The summed E-state index contributed by atoms with van der Waals surface area (Å²) in [5.41, 5.74) is 0. The number of amides is 1. The Bertz CT molecular complexity index is 566. The molecule has 1 aromatic heterocycles. The SMILES string of the molecule is C[C@@H](CC(=O)NS(=O)(=O)c1cccnc1)C1CCCCC1. The fraction of sp³-hybridized carbons (Fsp3) is 0.600. The van der Waals surface area contributed by atoms with Crippen molar-refractivity contribution >= 4 is 15.9 Å². The van der Waals surface area contributed by atoms with Crippen LogP contribution in [0.3, 0.4) is 0 Å². The molecule has 1 atom stereocenters. The zero-order valence-electron chi connectivity index (χ0n) is 12.3. The number of rotatable bonds is 5. The molecule has 6 heteroatoms. The number of sulfonamides is 1. The molecule has 2 rings (SSSR count). The van der Waals surface area contributed by atoms with Crippen LogP contribution < -0.4 is 4.72 Å². The fourth-order valence-electron chi connectivity index (χ4n) is 2.92. The van der Waals surface area contributed by atoms with Crippen LogP contribution in [0.1, 0.15) is 45.4 Å². The number of hydrogen-bond acceptors (Lipinski definition) is 4. The van der Waals surface area contributed by atoms with Gasteiger partial charge in [0.25, 0.3) is 10.0 Å². The van der Waals surface area contributed by atoms with Crippen LogP contribution in [0.4, 0.5) is 0 Å². The van der Waals surface area contributed by atoms with Crippen LogP contribution in [-0.4, -0.2) is 19.3 Å². The van der Waals surface area contributed by atoms with Crippen molar-refractivity contribution in [3.05, 3.63) is 24.5 Å². The molecule has 1 saturated carbocycles. The molecule has 0 unspecified atom stereocenters. The second-order valence-corrected chi connectivity index (χ2v) is 7.48. The summed E-state index contributed by atoms with van der Waals surface area (Å²) in [5.74, 6) is 0.317. The molecule has 21 heavy (non-hydrogen) atoms. The maximum Gasteiger partial charge on any atom is 0.265 e. The van der Waals surface area contributed by atoms with Crippen molar-refractivity contribution in [1.29, 1.82) is 0 Å². The average molecular weight is 310 g/mol. The van der Waals surface area contributed by atoms with Crippen LogP contribution in [-0.2, 0) is 14.8 Å². The standard InChI is InChI=1S/C15H22N2O3S/c1-12(13-6-3-2-4-7-13)10-15(18)17-21(19,20)14-8-5-9-16-11-14/h5,8-9,11-13H,2-4,6-7,10H2,1H3,(H,17,18)/t12-/m0/s1. The van der Waals surface area contributed by atoms with E-state index in [1.165, 1.54) is 43.8 Å². The average Bonchev–Trinajstić information content (AvgIpc) is 2.48. The quantitative estimate of drug-likeness (QED) is 0.906. The highest BCUT2D eigenvalue weighted by Gasteiger charge is 2.24. The Morgan fingerprint density at radius 2 is 2.10 bits per heavy atom. The van der Waals surface area contributed by atoms with Gasteiger partial charge in [0.2, 0.25) is 5.91 Å². The van der Waals surface area contributed by atoms with Crippen molar-refractivity contribution in [3.8, 4) is 0 Å². The minimum atomic E-state index is -3.80. The number of carbonyl (C=O) groups is 1. The molecule has 1 N–H and O–H groups in total. The molecule has 1 fully saturated rings. The fourth-order valence-corrected chi connectivity index (χ4v) is 3.88. The molecule has 0 spiro atoms. The van der Waals surface area contributed by atoms with Crippen LogP contribution in [0.15, 0.2) is 29.4 Å². The van der Waals surface area contributed by atoms with E-state index in [1.807, 2.05) is 6.92 Å². The minimum absolute atomic E-state index is 0.0173. The van der Waals surface area contributed by atoms with Gasteiger partial charge in [0.15, 0.2) is 0 Å². The summed E-state index contributed by atoms with van der Waals surface area (Å²) in [6.07, 6.45) is 8.96. The number of carbonyl (C=O) groups excluding carboxylic acids is 1. The van der Waals surface area contributed by atoms with Crippen LogP contribution in [0.25, 0.3) is 0 Å². The lowest BCUT2D eigenvalue weighted by Gasteiger charge is -2.27. The van der Waals surface area contributed by atoms with E-state index in [1.54, 1.807) is 0 Å². The van der Waals surface area contributed by atoms with Crippen LogP contribution in [0.2, 0.25) is 0 Å². The van der Waals surface area contributed by atoms with Crippen molar-refractivity contribution in [3.63, 3.8) is 0 Å². The first-order valence-corrected chi connectivity index (χ1v) is 8.93. The third-order valence-corrected chi connectivity index (χ3v) is 5.51. The summed E-state index contributed by atoms with van der Waals surface area (Å²) in [5, 5.41) is 0. The Morgan fingerprint density at radius 3 is 2.71 bits per heavy atom. The predicted octanol–water partition coefficient (Wildman–Crippen LogP) is 2.49. The molecule has 1 heterocycles. The Kier molecular flexibility index (Phi) is 5.33. The largest absolute Gasteiger partial charge is 0.274 e. The van der Waals surface area contributed by atoms with Crippen LogP contribution in [0, 0.1) is 11.8 Å². The summed E-state index contributed by atoms with van der Waals surface area (Å²) in [6, 6.07) is 2.96. The van der Waals surface area contributed by atoms with Gasteiger partial charge in [0, 0.05) is 18.8 Å². The first-order chi connectivity index (χ1) is 9.99. The number of hydrogen-bond donors (Lipinski definition) is 1. The van der Waals surface area contributed by atoms with E-state index in [9.17, 15) is 13.2 Å². The third kappa shape index (κ3) is 4.52. The van der Waals surface area contributed by atoms with Gasteiger partial charge in [-0.05, 0) is 24.0 Å². The van der Waals surface area contributed by atoms with Crippen molar-refractivity contribution in [1.82, 2.24) is 9.71 Å². The molecule has 116 valence electrons. The summed E-state index contributed by atoms with van der Waals surface area (Å²) >= 11 is 0. The van der Waals surface area contributed by atoms with E-state index in [0.717, 1.165) is 12.8 Å². The molecule has 1 aliphatic rings. The molecular weight excluding hydrogens is 288 g/mol. The van der Waals surface area contributed by atoms with Gasteiger partial charge in [0.05, 0.1) is 0 Å². The molecule has 0 bridgehead atoms. The van der Waals surface area contributed by atoms with Gasteiger partial charge < -0.3 is 0 Å². The van der Waals surface area contributed by atoms with Crippen LogP contribution in [0.5, 0.6) is 0 Å². The summed E-state index contributed by atoms with van der Waals surface area (Å²) in [7, 11) is -3.80. The maximum atomic E-state index is 12.0. The molecule has 0 radical (unpaired) electrons. The third-order valence-electron chi connectivity index (χ3n) is 4.15. The smallest absolute Gasteiger partial charge is 0.265 e. The molecule has 0 aliphatic heterocycles. The second kappa shape index (κ2) is 7.02. The van der Waals surface area contributed by atoms with E-state index in [0.29, 0.717) is 5.92 Å². The zero-order chi connectivity index (χ0) is 15.3. The highest BCUT2D eigenvalue weighted by molar-refractivity contribution is 7.90. The normalized spacial score (nSPS) is 18.1. The van der Waals surface area contributed by atoms with E-state index in [4.69, 9.17) is 0 Å². The molecule has 5 nitrogen and oxygen atoms in total. The first-order valence-electron chi connectivity index (χ1n) is 7.45. The van der Waals surface area contributed by atoms with Gasteiger partial charge in [0.1, 0.15) is 4.90 Å². The lowest BCUT2D eigenvalue weighted by molar-refractivity contribution is -0.120. The predicted molar refractivity (Wildman–Crippen MR) is 79.9 cm³/mol. The summed E-state index contributed by atoms with van der Waals surface area (Å²) < 4.78 is 26.2. The summed E-state index contributed by atoms with van der Waals surface area (Å²) in [6.45, 7) is 2.03. The van der Waals surface area contributed by atoms with Gasteiger partial charge in [-0.2, -0.15) is 0 Å². The van der Waals surface area contributed by atoms with Gasteiger partial charge >= 0.3 is 0 Å². The number of nitrogens with zero attached hydrogens (tertiary/aromatic N) is 1. The van der Waals surface area contributed by atoms with Gasteiger partial charge in [-0.15, -0.1) is 0 Å². The first kappa shape index (κ1) is 15.9. The lowest BCUT2D eigenvalue weighted by Crippen LogP contribution is -2.33. The second-order valence-electron chi connectivity index (χ2n) is 5.80. The number of nitrogens with one attached hydrogen (secondary N) is 1. The Hall–Kier alpha value is -1.43. The molecule has 0 aromatic carbocycles. The Balaban J connectivity index is 1.92. The monoisotopic (exact) mass is 310 g/mol. The van der Waals surface area contributed by atoms with Crippen molar-refractivity contribution in [2.75, 3.05) is 0 Å². The minimum Gasteiger partial charge on any atom is -0.274 e. The number of pyridine rings is 1. The van der Waals surface area contributed by atoms with E-state index < -0.39 is 15.9 Å². The Labute approximate surface area is 126 Å². The highest BCUT2D eigenvalue weighted by atomic mass is 32.2. The van der Waals surface area contributed by atoms with Gasteiger partial charge in [-0.3, -0.25) is 9.78 Å². The lowest BCUT2D eigenvalue weighted by atomic mass is 9.79. The maximum absolute atomic E-state index is 12.0. The van der Waals surface area contributed by atoms with Crippen molar-refractivity contribution < 1.29 is 13.2 Å². The van der Waals surface area contributed by atoms with Gasteiger partial charge in [-0.1, -0.05) is 39.0 Å². The molecule has 1 aromatic rings. The van der Waals surface area contributed by atoms with E-state index in [2.05, 4.69) is 9.71 Å². The zero-order valence-corrected chi connectivity index (χ0v) is 13.1. The molecule has 1 amide bonds. The van der Waals surface area contributed by atoms with Crippen LogP contribution >= 0.6 is 0 Å². The van der Waals surface area contributed by atoms with Crippen molar-refractivity contribution in [2.45, 2.75) is 50.3 Å². The molecule has 1 aliphatic carbocycles. The van der Waals surface area contributed by atoms with Crippen molar-refractivity contribution in [2.24, 2.45) is 11.8 Å². The van der Waals surface area contributed by atoms with E-state index >= 15 is 0 Å². The molecular formula is C15H22N2O3S. The Morgan fingerprint density at radius 1 is 1.38 bits per heavy atom. The van der Waals surface area contributed by atoms with E-state index in [-0.39, 0.29) is 17.2 Å². The highest BCUT2D eigenvalue weighted by Crippen LogP contribution is 2.31.